The third-order valence-corrected chi connectivity index (χ3v) is 3.10. The first kappa shape index (κ1) is 12.5. The predicted molar refractivity (Wildman–Crippen MR) is 55.8 cm³/mol. The number of ether oxygens (including phenoxy) is 1. The van der Waals surface area contributed by atoms with E-state index < -0.39 is 30.0 Å². The molecule has 6 nitrogen and oxygen atoms in total. The number of carbonyl (C=O) groups excluding carboxylic acids is 1. The molecule has 2 rings (SSSR count). The van der Waals surface area contributed by atoms with Crippen molar-refractivity contribution in [1.82, 2.24) is 0 Å². The lowest BCUT2D eigenvalue weighted by Gasteiger charge is -2.42. The van der Waals surface area contributed by atoms with E-state index in [2.05, 4.69) is 0 Å². The van der Waals surface area contributed by atoms with Gasteiger partial charge in [-0.05, 0) is 13.8 Å². The van der Waals surface area contributed by atoms with Crippen molar-refractivity contribution in [2.24, 2.45) is 0 Å². The average Bonchev–Trinajstić information content (AvgIpc) is 2.21. The van der Waals surface area contributed by atoms with Crippen LogP contribution < -0.4 is 0 Å². The van der Waals surface area contributed by atoms with E-state index in [0.717, 1.165) is 0 Å². The Bertz CT molecular complexity index is 385. The van der Waals surface area contributed by atoms with Crippen LogP contribution in [0.5, 0.6) is 0 Å². The van der Waals surface area contributed by atoms with E-state index in [1.165, 1.54) is 0 Å². The molecule has 0 bridgehead atoms. The van der Waals surface area contributed by atoms with E-state index >= 15 is 0 Å². The van der Waals surface area contributed by atoms with Gasteiger partial charge in [0.25, 0.3) is 0 Å². The number of hydrogen-bond acceptors (Lipinski definition) is 6. The van der Waals surface area contributed by atoms with Crippen LogP contribution in [0.15, 0.2) is 11.3 Å². The van der Waals surface area contributed by atoms with E-state index in [1.807, 2.05) is 0 Å². The van der Waals surface area contributed by atoms with Crippen LogP contribution in [-0.2, 0) is 9.53 Å². The summed E-state index contributed by atoms with van der Waals surface area (Å²) < 4.78 is 5.43. The number of Topliss-reactive ketones (excluding diaryl/α,β-unsaturated/α-hetero) is 1. The molecule has 1 aliphatic heterocycles. The first-order chi connectivity index (χ1) is 7.74. The molecule has 1 heterocycles. The van der Waals surface area contributed by atoms with Crippen molar-refractivity contribution in [3.8, 4) is 0 Å². The molecule has 0 aromatic rings. The summed E-state index contributed by atoms with van der Waals surface area (Å²) in [5.41, 5.74) is -0.923. The molecule has 0 saturated carbocycles. The van der Waals surface area contributed by atoms with E-state index in [9.17, 15) is 25.2 Å². The Morgan fingerprint density at radius 2 is 1.65 bits per heavy atom. The van der Waals surface area contributed by atoms with Crippen LogP contribution >= 0.6 is 0 Å². The molecular weight excluding hydrogens is 228 g/mol. The highest BCUT2D eigenvalue weighted by Gasteiger charge is 2.49. The highest BCUT2D eigenvalue weighted by molar-refractivity contribution is 5.98. The maximum Gasteiger partial charge on any atom is 0.169 e. The summed E-state index contributed by atoms with van der Waals surface area (Å²) in [4.78, 5) is 11.9. The van der Waals surface area contributed by atoms with Crippen LogP contribution in [0.3, 0.4) is 0 Å². The molecule has 4 N–H and O–H groups in total. The molecular formula is C11H16O6. The summed E-state index contributed by atoms with van der Waals surface area (Å²) in [6, 6.07) is 0. The van der Waals surface area contributed by atoms with Crippen LogP contribution in [0.1, 0.15) is 20.3 Å². The molecule has 6 heteroatoms. The van der Waals surface area contributed by atoms with Gasteiger partial charge in [0.15, 0.2) is 5.78 Å². The lowest BCUT2D eigenvalue weighted by atomic mass is 9.81. The lowest BCUT2D eigenvalue weighted by molar-refractivity contribution is -0.149. The van der Waals surface area contributed by atoms with Gasteiger partial charge in [-0.1, -0.05) is 0 Å². The van der Waals surface area contributed by atoms with Crippen molar-refractivity contribution in [2.75, 3.05) is 0 Å². The van der Waals surface area contributed by atoms with Crippen molar-refractivity contribution in [3.05, 3.63) is 11.3 Å². The maximum atomic E-state index is 11.9. The molecule has 2 aliphatic rings. The quantitative estimate of drug-likeness (QED) is 0.411. The van der Waals surface area contributed by atoms with E-state index in [-0.39, 0.29) is 23.5 Å². The van der Waals surface area contributed by atoms with E-state index in [4.69, 9.17) is 4.74 Å². The fourth-order valence-electron chi connectivity index (χ4n) is 2.24. The van der Waals surface area contributed by atoms with Gasteiger partial charge in [0.05, 0.1) is 12.0 Å². The van der Waals surface area contributed by atoms with E-state index in [1.54, 1.807) is 13.8 Å². The fourth-order valence-corrected chi connectivity index (χ4v) is 2.24. The Kier molecular flexibility index (Phi) is 2.78. The van der Waals surface area contributed by atoms with Gasteiger partial charge < -0.3 is 25.2 Å². The molecule has 17 heavy (non-hydrogen) atoms. The second kappa shape index (κ2) is 3.78. The minimum atomic E-state index is -1.59. The number of aliphatic hydroxyl groups is 4. The van der Waals surface area contributed by atoms with Gasteiger partial charge in [0.1, 0.15) is 35.8 Å². The van der Waals surface area contributed by atoms with Gasteiger partial charge in [-0.3, -0.25) is 4.79 Å². The molecule has 96 valence electrons. The van der Waals surface area contributed by atoms with E-state index in [0.29, 0.717) is 0 Å². The zero-order valence-electron chi connectivity index (χ0n) is 9.62. The van der Waals surface area contributed by atoms with Crippen LogP contribution in [0, 0.1) is 0 Å². The van der Waals surface area contributed by atoms with Gasteiger partial charge >= 0.3 is 0 Å². The number of hydrogen-bond donors (Lipinski definition) is 4. The number of aliphatic hydroxyl groups excluding tert-OH is 4. The van der Waals surface area contributed by atoms with Crippen molar-refractivity contribution < 1.29 is 30.0 Å². The highest BCUT2D eigenvalue weighted by Crippen LogP contribution is 2.37. The van der Waals surface area contributed by atoms with Gasteiger partial charge in [-0.25, -0.2) is 0 Å². The van der Waals surface area contributed by atoms with Gasteiger partial charge in [0.2, 0.25) is 0 Å². The second-order valence-corrected chi connectivity index (χ2v) is 5.11. The summed E-state index contributed by atoms with van der Waals surface area (Å²) in [5.74, 6) is -0.509. The maximum absolute atomic E-state index is 11.9. The molecule has 0 aromatic heterocycles. The monoisotopic (exact) mass is 244 g/mol. The molecule has 0 radical (unpaired) electrons. The van der Waals surface area contributed by atoms with Gasteiger partial charge in [0, 0.05) is 0 Å². The summed E-state index contributed by atoms with van der Waals surface area (Å²) in [6.45, 7) is 3.34. The average molecular weight is 244 g/mol. The van der Waals surface area contributed by atoms with Gasteiger partial charge in [-0.2, -0.15) is 0 Å². The topological polar surface area (TPSA) is 107 Å². The highest BCUT2D eigenvalue weighted by atomic mass is 16.5. The number of carbonyl (C=O) groups is 1. The fraction of sp³-hybridized carbons (Fsp3) is 0.727. The largest absolute Gasteiger partial charge is 0.488 e. The van der Waals surface area contributed by atoms with Gasteiger partial charge in [-0.15, -0.1) is 0 Å². The molecule has 0 unspecified atom stereocenters. The molecule has 0 spiro atoms. The third kappa shape index (κ3) is 1.87. The zero-order chi connectivity index (χ0) is 13.0. The Labute approximate surface area is 98.1 Å². The predicted octanol–water partition coefficient (Wildman–Crippen LogP) is -1.53. The molecule has 0 aromatic carbocycles. The summed E-state index contributed by atoms with van der Waals surface area (Å²) in [5, 5.41) is 38.5. The summed E-state index contributed by atoms with van der Waals surface area (Å²) >= 11 is 0. The Morgan fingerprint density at radius 3 is 2.24 bits per heavy atom. The van der Waals surface area contributed by atoms with Crippen molar-refractivity contribution in [1.29, 1.82) is 0 Å². The standard InChI is InChI=1S/C11H16O6/c1-11(2)3-4(12)5-6(13)7(14)8(15)9(16)10(5)17-11/h6-9,13-16H,3H2,1-2H3/t6-,7+,8-,9+/m0/s1. The second-order valence-electron chi connectivity index (χ2n) is 5.11. The Morgan fingerprint density at radius 1 is 1.12 bits per heavy atom. The normalized spacial score (nSPS) is 40.9. The Hall–Kier alpha value is -0.950. The van der Waals surface area contributed by atoms with Crippen LogP contribution in [0.4, 0.5) is 0 Å². The molecule has 0 amide bonds. The SMILES string of the molecule is CC1(C)CC(=O)C2=C(O1)[C@H](O)[C@@H](O)[C@H](O)[C@H]2O. The molecule has 1 aliphatic carbocycles. The van der Waals surface area contributed by atoms with Crippen LogP contribution in [0.2, 0.25) is 0 Å². The third-order valence-electron chi connectivity index (χ3n) is 3.10. The van der Waals surface area contributed by atoms with Crippen molar-refractivity contribution in [3.63, 3.8) is 0 Å². The summed E-state index contributed by atoms with van der Waals surface area (Å²) in [7, 11) is 0. The zero-order valence-corrected chi connectivity index (χ0v) is 9.62. The number of rotatable bonds is 0. The smallest absolute Gasteiger partial charge is 0.169 e. The minimum Gasteiger partial charge on any atom is -0.488 e. The number of ketones is 1. The van der Waals surface area contributed by atoms with Crippen molar-refractivity contribution in [2.45, 2.75) is 50.3 Å². The first-order valence-corrected chi connectivity index (χ1v) is 5.43. The summed E-state index contributed by atoms with van der Waals surface area (Å²) in [6.07, 6.45) is -6.11. The van der Waals surface area contributed by atoms with Crippen LogP contribution in [-0.4, -0.2) is 56.2 Å². The van der Waals surface area contributed by atoms with Crippen molar-refractivity contribution >= 4 is 5.78 Å². The lowest BCUT2D eigenvalue weighted by Crippen LogP contribution is -2.55. The molecule has 4 atom stereocenters. The minimum absolute atomic E-state index is 0.0540. The Balaban J connectivity index is 2.48. The first-order valence-electron chi connectivity index (χ1n) is 5.43. The molecule has 0 saturated heterocycles. The molecule has 0 fully saturated rings. The van der Waals surface area contributed by atoms with Crippen LogP contribution in [0.25, 0.3) is 0 Å².